The van der Waals surface area contributed by atoms with Crippen LogP contribution < -0.4 is 0 Å². The van der Waals surface area contributed by atoms with Crippen LogP contribution in [-0.4, -0.2) is 25.8 Å². The summed E-state index contributed by atoms with van der Waals surface area (Å²) < 4.78 is 5.29. The van der Waals surface area contributed by atoms with Crippen LogP contribution in [0.15, 0.2) is 42.5 Å². The third kappa shape index (κ3) is 3.34. The van der Waals surface area contributed by atoms with Crippen LogP contribution in [0.2, 0.25) is 0 Å². The molecule has 0 bridgehead atoms. The first kappa shape index (κ1) is 17.0. The molecule has 2 aromatic carbocycles. The maximum Gasteiger partial charge on any atom is 0.338 e. The first-order chi connectivity index (χ1) is 12.3. The van der Waals surface area contributed by atoms with Gasteiger partial charge in [-0.1, -0.05) is 0 Å². The first-order valence-electron chi connectivity index (χ1n) is 7.44. The standard InChI is InChI=1S/C16H12N4O6/c1-9(26-16(21)10-2-4-11(5-3-10)19(22)23)15-17-13-7-6-12(20(24)25)8-14(13)18-15/h2-9H,1H3,(H,17,18)/t9-/m0/s1. The van der Waals surface area contributed by atoms with Gasteiger partial charge >= 0.3 is 5.97 Å². The van der Waals surface area contributed by atoms with Crippen LogP contribution in [0.5, 0.6) is 0 Å². The summed E-state index contributed by atoms with van der Waals surface area (Å²) in [5.74, 6) is -0.338. The lowest BCUT2D eigenvalue weighted by atomic mass is 10.2. The Hall–Kier alpha value is -3.82. The van der Waals surface area contributed by atoms with Crippen molar-refractivity contribution < 1.29 is 19.4 Å². The summed E-state index contributed by atoms with van der Waals surface area (Å²) in [6.45, 7) is 1.59. The zero-order valence-electron chi connectivity index (χ0n) is 13.4. The third-order valence-electron chi connectivity index (χ3n) is 3.68. The van der Waals surface area contributed by atoms with Gasteiger partial charge in [0.2, 0.25) is 0 Å². The predicted octanol–water partition coefficient (Wildman–Crippen LogP) is 3.30. The highest BCUT2D eigenvalue weighted by atomic mass is 16.6. The van der Waals surface area contributed by atoms with Gasteiger partial charge in [-0.05, 0) is 25.1 Å². The molecule has 1 heterocycles. The largest absolute Gasteiger partial charge is 0.451 e. The van der Waals surface area contributed by atoms with E-state index >= 15 is 0 Å². The summed E-state index contributed by atoms with van der Waals surface area (Å²) >= 11 is 0. The monoisotopic (exact) mass is 356 g/mol. The molecule has 0 saturated heterocycles. The van der Waals surface area contributed by atoms with E-state index in [2.05, 4.69) is 9.97 Å². The van der Waals surface area contributed by atoms with E-state index in [1.807, 2.05) is 0 Å². The average molecular weight is 356 g/mol. The normalized spacial score (nSPS) is 11.9. The second kappa shape index (κ2) is 6.59. The molecule has 0 fully saturated rings. The number of nitrogens with zero attached hydrogens (tertiary/aromatic N) is 3. The lowest BCUT2D eigenvalue weighted by Gasteiger charge is -2.10. The fourth-order valence-corrected chi connectivity index (χ4v) is 2.33. The second-order valence-electron chi connectivity index (χ2n) is 5.43. The number of nitrogens with one attached hydrogen (secondary N) is 1. The van der Waals surface area contributed by atoms with Crippen molar-refractivity contribution in [3.05, 3.63) is 74.1 Å². The van der Waals surface area contributed by atoms with E-state index in [-0.39, 0.29) is 16.9 Å². The third-order valence-corrected chi connectivity index (χ3v) is 3.68. The Morgan fingerprint density at radius 3 is 2.31 bits per heavy atom. The molecule has 0 unspecified atom stereocenters. The summed E-state index contributed by atoms with van der Waals surface area (Å²) in [4.78, 5) is 39.7. The van der Waals surface area contributed by atoms with Gasteiger partial charge in [-0.15, -0.1) is 0 Å². The van der Waals surface area contributed by atoms with Gasteiger partial charge in [-0.3, -0.25) is 20.2 Å². The van der Waals surface area contributed by atoms with E-state index in [1.165, 1.54) is 42.5 Å². The van der Waals surface area contributed by atoms with Crippen molar-refractivity contribution in [3.8, 4) is 0 Å². The number of nitro benzene ring substituents is 2. The van der Waals surface area contributed by atoms with Gasteiger partial charge in [0.1, 0.15) is 5.82 Å². The molecule has 10 heteroatoms. The first-order valence-corrected chi connectivity index (χ1v) is 7.44. The number of H-pyrrole nitrogens is 1. The van der Waals surface area contributed by atoms with Gasteiger partial charge in [0.15, 0.2) is 6.10 Å². The van der Waals surface area contributed by atoms with Crippen LogP contribution >= 0.6 is 0 Å². The molecule has 0 saturated carbocycles. The number of esters is 1. The number of hydrogen-bond donors (Lipinski definition) is 1. The Morgan fingerprint density at radius 2 is 1.69 bits per heavy atom. The molecule has 132 valence electrons. The Bertz CT molecular complexity index is 1010. The number of imidazole rings is 1. The quantitative estimate of drug-likeness (QED) is 0.420. The highest BCUT2D eigenvalue weighted by Crippen LogP contribution is 2.23. The van der Waals surface area contributed by atoms with Gasteiger partial charge < -0.3 is 9.72 Å². The van der Waals surface area contributed by atoms with E-state index in [9.17, 15) is 25.0 Å². The molecule has 0 radical (unpaired) electrons. The van der Waals surface area contributed by atoms with E-state index in [0.29, 0.717) is 16.9 Å². The molecule has 3 aromatic rings. The van der Waals surface area contributed by atoms with Crippen molar-refractivity contribution in [2.45, 2.75) is 13.0 Å². The van der Waals surface area contributed by atoms with Crippen molar-refractivity contribution in [2.75, 3.05) is 0 Å². The van der Waals surface area contributed by atoms with Crippen molar-refractivity contribution >= 4 is 28.4 Å². The van der Waals surface area contributed by atoms with Gasteiger partial charge in [0.25, 0.3) is 11.4 Å². The maximum absolute atomic E-state index is 12.1. The topological polar surface area (TPSA) is 141 Å². The maximum atomic E-state index is 12.1. The molecule has 0 aliphatic rings. The summed E-state index contributed by atoms with van der Waals surface area (Å²) in [6, 6.07) is 9.20. The highest BCUT2D eigenvalue weighted by Gasteiger charge is 2.19. The SMILES string of the molecule is C[C@H](OC(=O)c1ccc([N+](=O)[O-])cc1)c1nc2ccc([N+](=O)[O-])cc2[nH]1. The zero-order chi connectivity index (χ0) is 18.8. The zero-order valence-corrected chi connectivity index (χ0v) is 13.4. The molecule has 0 aliphatic heterocycles. The number of carbonyl (C=O) groups is 1. The smallest absolute Gasteiger partial charge is 0.338 e. The van der Waals surface area contributed by atoms with E-state index < -0.39 is 21.9 Å². The Balaban J connectivity index is 1.77. The number of rotatable bonds is 5. The summed E-state index contributed by atoms with van der Waals surface area (Å²) in [6.07, 6.45) is -0.746. The minimum atomic E-state index is -0.746. The number of fused-ring (bicyclic) bond motifs is 1. The molecular weight excluding hydrogens is 344 g/mol. The number of benzene rings is 2. The van der Waals surface area contributed by atoms with Gasteiger partial charge in [0.05, 0.1) is 26.4 Å². The van der Waals surface area contributed by atoms with Crippen molar-refractivity contribution in [2.24, 2.45) is 0 Å². The van der Waals surface area contributed by atoms with Gasteiger partial charge in [-0.25, -0.2) is 9.78 Å². The van der Waals surface area contributed by atoms with Crippen molar-refractivity contribution in [3.63, 3.8) is 0 Å². The Kier molecular flexibility index (Phi) is 4.31. The van der Waals surface area contributed by atoms with Gasteiger partial charge in [0, 0.05) is 24.3 Å². The molecule has 0 spiro atoms. The Morgan fingerprint density at radius 1 is 1.08 bits per heavy atom. The molecule has 26 heavy (non-hydrogen) atoms. The minimum Gasteiger partial charge on any atom is -0.451 e. The van der Waals surface area contributed by atoms with E-state index in [0.717, 1.165) is 0 Å². The highest BCUT2D eigenvalue weighted by molar-refractivity contribution is 5.89. The number of carbonyl (C=O) groups excluding carboxylic acids is 1. The molecule has 0 aliphatic carbocycles. The molecule has 3 rings (SSSR count). The fraction of sp³-hybridized carbons (Fsp3) is 0.125. The minimum absolute atomic E-state index is 0.0803. The fourth-order valence-electron chi connectivity index (χ4n) is 2.33. The van der Waals surface area contributed by atoms with Crippen LogP contribution in [-0.2, 0) is 4.74 Å². The number of aromatic nitrogens is 2. The van der Waals surface area contributed by atoms with Crippen LogP contribution in [0.25, 0.3) is 11.0 Å². The van der Waals surface area contributed by atoms with Crippen LogP contribution in [0.3, 0.4) is 0 Å². The van der Waals surface area contributed by atoms with Gasteiger partial charge in [-0.2, -0.15) is 0 Å². The summed E-state index contributed by atoms with van der Waals surface area (Å²) in [7, 11) is 0. The number of aromatic amines is 1. The number of hydrogen-bond acceptors (Lipinski definition) is 7. The molecule has 1 aromatic heterocycles. The van der Waals surface area contributed by atoms with E-state index in [4.69, 9.17) is 4.74 Å². The second-order valence-corrected chi connectivity index (χ2v) is 5.43. The lowest BCUT2D eigenvalue weighted by Crippen LogP contribution is -2.10. The van der Waals surface area contributed by atoms with Crippen LogP contribution in [0.4, 0.5) is 11.4 Å². The predicted molar refractivity (Wildman–Crippen MR) is 89.7 cm³/mol. The van der Waals surface area contributed by atoms with Crippen molar-refractivity contribution in [1.82, 2.24) is 9.97 Å². The summed E-state index contributed by atoms with van der Waals surface area (Å²) in [5.41, 5.74) is 0.905. The number of non-ortho nitro benzene ring substituents is 2. The summed E-state index contributed by atoms with van der Waals surface area (Å²) in [5, 5.41) is 21.4. The lowest BCUT2D eigenvalue weighted by molar-refractivity contribution is -0.385. The molecule has 0 amide bonds. The van der Waals surface area contributed by atoms with E-state index in [1.54, 1.807) is 6.92 Å². The van der Waals surface area contributed by atoms with Crippen molar-refractivity contribution in [1.29, 1.82) is 0 Å². The molecule has 10 nitrogen and oxygen atoms in total. The average Bonchev–Trinajstić information content (AvgIpc) is 3.05. The molecular formula is C16H12N4O6. The number of nitro groups is 2. The molecule has 1 atom stereocenters. The van der Waals surface area contributed by atoms with Crippen LogP contribution in [0, 0.1) is 20.2 Å². The number of ether oxygens (including phenoxy) is 1. The van der Waals surface area contributed by atoms with Crippen LogP contribution in [0.1, 0.15) is 29.2 Å². The Labute approximate surface area is 145 Å². The molecule has 1 N–H and O–H groups in total.